The van der Waals surface area contributed by atoms with Crippen molar-refractivity contribution < 1.29 is 9.22 Å². The standard InChI is InChI=1S/C18H32O2Si/c1-13(2)21(14(3)4,15(5)6)20-17-12-16(19)10-9-11-18(17,7)8/h13-15,17H,11-12H2,1-8H3. The minimum absolute atomic E-state index is 0.0219. The van der Waals surface area contributed by atoms with Crippen LogP contribution in [0.15, 0.2) is 0 Å². The van der Waals surface area contributed by atoms with Crippen LogP contribution < -0.4 is 0 Å². The van der Waals surface area contributed by atoms with Crippen LogP contribution in [0.2, 0.25) is 16.6 Å². The lowest BCUT2D eigenvalue weighted by atomic mass is 9.82. The number of Topliss-reactive ketones (excluding diaryl/α,β-unsaturated/α-hetero) is 1. The maximum atomic E-state index is 11.9. The normalized spacial score (nSPS) is 22.4. The number of ketones is 1. The maximum Gasteiger partial charge on any atom is 0.208 e. The van der Waals surface area contributed by atoms with Crippen LogP contribution in [-0.4, -0.2) is 20.2 Å². The van der Waals surface area contributed by atoms with E-state index in [-0.39, 0.29) is 17.3 Å². The molecule has 1 rings (SSSR count). The van der Waals surface area contributed by atoms with Crippen molar-refractivity contribution in [2.24, 2.45) is 5.41 Å². The Balaban J connectivity index is 3.15. The van der Waals surface area contributed by atoms with Crippen LogP contribution in [0.4, 0.5) is 0 Å². The van der Waals surface area contributed by atoms with Crippen LogP contribution in [-0.2, 0) is 9.22 Å². The van der Waals surface area contributed by atoms with Crippen molar-refractivity contribution in [1.29, 1.82) is 0 Å². The van der Waals surface area contributed by atoms with E-state index in [1.54, 1.807) is 0 Å². The number of hydrogen-bond acceptors (Lipinski definition) is 2. The molecule has 0 aromatic carbocycles. The molecule has 0 spiro atoms. The fraction of sp³-hybridized carbons (Fsp3) is 0.833. The summed E-state index contributed by atoms with van der Waals surface area (Å²) in [5.41, 5.74) is 1.54. The predicted molar refractivity (Wildman–Crippen MR) is 91.7 cm³/mol. The molecule has 0 aromatic rings. The lowest BCUT2D eigenvalue weighted by Gasteiger charge is -2.47. The Hall–Kier alpha value is -0.593. The van der Waals surface area contributed by atoms with E-state index in [4.69, 9.17) is 4.43 Å². The van der Waals surface area contributed by atoms with E-state index < -0.39 is 8.32 Å². The van der Waals surface area contributed by atoms with Gasteiger partial charge in [0.2, 0.25) is 14.1 Å². The fourth-order valence-electron chi connectivity index (χ4n) is 3.84. The second-order valence-electron chi connectivity index (χ2n) is 8.02. The van der Waals surface area contributed by atoms with Crippen molar-refractivity contribution in [3.05, 3.63) is 0 Å². The number of carbonyl (C=O) groups is 1. The minimum Gasteiger partial charge on any atom is -0.412 e. The van der Waals surface area contributed by atoms with Gasteiger partial charge in [0.05, 0.1) is 6.10 Å². The summed E-state index contributed by atoms with van der Waals surface area (Å²) >= 11 is 0. The second kappa shape index (κ2) is 6.67. The molecule has 0 aliphatic heterocycles. The molecule has 0 heterocycles. The molecular formula is C18H32O2Si. The Labute approximate surface area is 132 Å². The second-order valence-corrected chi connectivity index (χ2v) is 13.4. The molecule has 0 N–H and O–H groups in total. The number of rotatable bonds is 5. The zero-order valence-electron chi connectivity index (χ0n) is 15.0. The topological polar surface area (TPSA) is 26.3 Å². The van der Waals surface area contributed by atoms with Crippen LogP contribution in [0.5, 0.6) is 0 Å². The summed E-state index contributed by atoms with van der Waals surface area (Å²) in [6.07, 6.45) is 1.16. The van der Waals surface area contributed by atoms with Crippen molar-refractivity contribution in [2.45, 2.75) is 91.0 Å². The molecule has 2 nitrogen and oxygen atoms in total. The van der Waals surface area contributed by atoms with Gasteiger partial charge in [0, 0.05) is 18.3 Å². The van der Waals surface area contributed by atoms with Crippen LogP contribution >= 0.6 is 0 Å². The summed E-state index contributed by atoms with van der Waals surface area (Å²) in [4.78, 5) is 11.9. The van der Waals surface area contributed by atoms with Crippen LogP contribution in [0.3, 0.4) is 0 Å². The van der Waals surface area contributed by atoms with E-state index in [1.165, 1.54) is 0 Å². The molecule has 0 bridgehead atoms. The molecule has 1 unspecified atom stereocenters. The Kier molecular flexibility index (Phi) is 5.86. The van der Waals surface area contributed by atoms with Crippen molar-refractivity contribution in [1.82, 2.24) is 0 Å². The van der Waals surface area contributed by atoms with E-state index in [0.717, 1.165) is 6.42 Å². The zero-order valence-corrected chi connectivity index (χ0v) is 16.0. The van der Waals surface area contributed by atoms with Gasteiger partial charge in [-0.15, -0.1) is 0 Å². The van der Waals surface area contributed by atoms with Gasteiger partial charge < -0.3 is 4.43 Å². The largest absolute Gasteiger partial charge is 0.412 e. The first-order chi connectivity index (χ1) is 9.54. The van der Waals surface area contributed by atoms with Crippen LogP contribution in [0.25, 0.3) is 0 Å². The molecule has 1 aliphatic rings. The summed E-state index contributed by atoms with van der Waals surface area (Å²) in [6, 6.07) is 0. The van der Waals surface area contributed by atoms with Gasteiger partial charge in [-0.3, -0.25) is 4.79 Å². The molecule has 0 radical (unpaired) electrons. The molecule has 120 valence electrons. The lowest BCUT2D eigenvalue weighted by molar-refractivity contribution is -0.116. The number of hydrogen-bond donors (Lipinski definition) is 0. The monoisotopic (exact) mass is 308 g/mol. The highest BCUT2D eigenvalue weighted by Crippen LogP contribution is 2.46. The summed E-state index contributed by atoms with van der Waals surface area (Å²) in [7, 11) is -1.96. The van der Waals surface area contributed by atoms with E-state index in [1.807, 2.05) is 0 Å². The molecule has 1 aliphatic carbocycles. The molecule has 0 amide bonds. The summed E-state index contributed by atoms with van der Waals surface area (Å²) in [6.45, 7) is 18.1. The van der Waals surface area contributed by atoms with Gasteiger partial charge in [-0.1, -0.05) is 61.3 Å². The molecule has 0 saturated carbocycles. The highest BCUT2D eigenvalue weighted by molar-refractivity contribution is 6.77. The molecule has 0 saturated heterocycles. The first kappa shape index (κ1) is 18.5. The highest BCUT2D eigenvalue weighted by atomic mass is 28.4. The van der Waals surface area contributed by atoms with Gasteiger partial charge in [0.25, 0.3) is 0 Å². The van der Waals surface area contributed by atoms with Gasteiger partial charge in [-0.2, -0.15) is 0 Å². The van der Waals surface area contributed by atoms with E-state index >= 15 is 0 Å². The van der Waals surface area contributed by atoms with Crippen molar-refractivity contribution >= 4 is 14.1 Å². The SMILES string of the molecule is CC(C)[Si](OC1CC(=O)C#CCC1(C)C)(C(C)C)C(C)C. The Morgan fingerprint density at radius 1 is 1.10 bits per heavy atom. The predicted octanol–water partition coefficient (Wildman–Crippen LogP) is 4.94. The van der Waals surface area contributed by atoms with E-state index in [9.17, 15) is 4.79 Å². The smallest absolute Gasteiger partial charge is 0.208 e. The van der Waals surface area contributed by atoms with Gasteiger partial charge in [-0.05, 0) is 22.5 Å². The van der Waals surface area contributed by atoms with Gasteiger partial charge in [0.15, 0.2) is 0 Å². The van der Waals surface area contributed by atoms with Gasteiger partial charge >= 0.3 is 0 Å². The van der Waals surface area contributed by atoms with Crippen molar-refractivity contribution in [3.8, 4) is 11.8 Å². The summed E-state index contributed by atoms with van der Waals surface area (Å²) in [5.74, 6) is 5.81. The van der Waals surface area contributed by atoms with Crippen LogP contribution in [0.1, 0.15) is 68.2 Å². The Morgan fingerprint density at radius 3 is 2.00 bits per heavy atom. The van der Waals surface area contributed by atoms with Crippen LogP contribution in [0, 0.1) is 17.3 Å². The molecule has 3 heteroatoms. The van der Waals surface area contributed by atoms with E-state index in [0.29, 0.717) is 23.0 Å². The third kappa shape index (κ3) is 3.79. The first-order valence-corrected chi connectivity index (χ1v) is 10.4. The lowest BCUT2D eigenvalue weighted by Crippen LogP contribution is -2.53. The van der Waals surface area contributed by atoms with Gasteiger partial charge in [-0.25, -0.2) is 0 Å². The average molecular weight is 309 g/mol. The maximum absolute atomic E-state index is 11.9. The minimum atomic E-state index is -1.96. The molecule has 1 atom stereocenters. The summed E-state index contributed by atoms with van der Waals surface area (Å²) < 4.78 is 6.87. The van der Waals surface area contributed by atoms with E-state index in [2.05, 4.69) is 67.2 Å². The zero-order chi connectivity index (χ0) is 16.4. The highest BCUT2D eigenvalue weighted by Gasteiger charge is 2.49. The quantitative estimate of drug-likeness (QED) is 0.408. The first-order valence-electron chi connectivity index (χ1n) is 8.23. The third-order valence-electron chi connectivity index (χ3n) is 5.07. The molecule has 21 heavy (non-hydrogen) atoms. The number of carbonyl (C=O) groups excluding carboxylic acids is 1. The average Bonchev–Trinajstić information content (AvgIpc) is 2.43. The summed E-state index contributed by atoms with van der Waals surface area (Å²) in [5, 5.41) is 0. The fourth-order valence-corrected chi connectivity index (χ4v) is 9.55. The Morgan fingerprint density at radius 2 is 1.57 bits per heavy atom. The molecule has 0 fully saturated rings. The molecule has 0 aromatic heterocycles. The molecular weight excluding hydrogens is 276 g/mol. The Bertz CT molecular complexity index is 416. The van der Waals surface area contributed by atoms with Crippen molar-refractivity contribution in [3.63, 3.8) is 0 Å². The van der Waals surface area contributed by atoms with Gasteiger partial charge in [0.1, 0.15) is 0 Å². The third-order valence-corrected chi connectivity index (χ3v) is 11.2. The van der Waals surface area contributed by atoms with Crippen molar-refractivity contribution in [2.75, 3.05) is 0 Å².